The fourth-order valence-electron chi connectivity index (χ4n) is 4.16. The fourth-order valence-corrected chi connectivity index (χ4v) is 4.86. The summed E-state index contributed by atoms with van der Waals surface area (Å²) in [4.78, 5) is 38.6. The number of fused-ring (bicyclic) bond motifs is 1. The molecule has 0 bridgehead atoms. The lowest BCUT2D eigenvalue weighted by molar-refractivity contribution is -0.127. The van der Waals surface area contributed by atoms with Gasteiger partial charge in [-0.3, -0.25) is 9.59 Å². The van der Waals surface area contributed by atoms with Crippen LogP contribution in [0.3, 0.4) is 0 Å². The van der Waals surface area contributed by atoms with Crippen molar-refractivity contribution in [3.63, 3.8) is 0 Å². The molecule has 38 heavy (non-hydrogen) atoms. The summed E-state index contributed by atoms with van der Waals surface area (Å²) in [6.07, 6.45) is 1.59. The molecule has 0 radical (unpaired) electrons. The number of carbonyl (C=O) groups excluding carboxylic acids is 3. The number of urea groups is 1. The average Bonchev–Trinajstić information content (AvgIpc) is 3.15. The molecule has 0 atom stereocenters. The largest absolute Gasteiger partial charge is 0.488 e. The molecule has 0 aliphatic carbocycles. The van der Waals surface area contributed by atoms with Gasteiger partial charge < -0.3 is 15.4 Å². The van der Waals surface area contributed by atoms with E-state index in [-0.39, 0.29) is 12.2 Å². The Morgan fingerprint density at radius 3 is 2.58 bits per heavy atom. The van der Waals surface area contributed by atoms with Gasteiger partial charge in [0.2, 0.25) is 5.91 Å². The second kappa shape index (κ2) is 11.1. The van der Waals surface area contributed by atoms with Crippen LogP contribution in [-0.2, 0) is 16.2 Å². The van der Waals surface area contributed by atoms with Crippen molar-refractivity contribution < 1.29 is 19.1 Å². The molecule has 0 unspecified atom stereocenters. The van der Waals surface area contributed by atoms with Gasteiger partial charge >= 0.3 is 6.03 Å². The molecule has 1 aliphatic rings. The summed E-state index contributed by atoms with van der Waals surface area (Å²) in [7, 11) is 0. The van der Waals surface area contributed by atoms with Crippen molar-refractivity contribution in [2.45, 2.75) is 13.5 Å². The van der Waals surface area contributed by atoms with Crippen molar-refractivity contribution in [3.05, 3.63) is 111 Å². The predicted octanol–water partition coefficient (Wildman–Crippen LogP) is 5.86. The number of hydrogen-bond acceptors (Lipinski definition) is 4. The normalized spacial score (nSPS) is 14.2. The van der Waals surface area contributed by atoms with E-state index < -0.39 is 17.8 Å². The summed E-state index contributed by atoms with van der Waals surface area (Å²) >= 11 is 2.18. The van der Waals surface area contributed by atoms with Crippen molar-refractivity contribution in [3.8, 4) is 5.75 Å². The molecule has 8 heteroatoms. The van der Waals surface area contributed by atoms with E-state index in [9.17, 15) is 14.4 Å². The summed E-state index contributed by atoms with van der Waals surface area (Å²) in [5.41, 5.74) is 3.50. The molecule has 1 fully saturated rings. The fraction of sp³-hybridized carbons (Fsp3) is 0.100. The molecule has 7 nitrogen and oxygen atoms in total. The van der Waals surface area contributed by atoms with Crippen LogP contribution in [0.5, 0.6) is 5.75 Å². The molecule has 1 heterocycles. The molecule has 190 valence electrons. The Bertz CT molecular complexity index is 1600. The first kappa shape index (κ1) is 25.5. The molecule has 5 rings (SSSR count). The quantitative estimate of drug-likeness (QED) is 0.155. The molecular weight excluding hydrogens is 593 g/mol. The van der Waals surface area contributed by atoms with Crippen LogP contribution in [0, 0.1) is 10.5 Å². The van der Waals surface area contributed by atoms with E-state index in [2.05, 4.69) is 63.6 Å². The maximum absolute atomic E-state index is 12.8. The second-order valence-electron chi connectivity index (χ2n) is 8.96. The van der Waals surface area contributed by atoms with Gasteiger partial charge in [-0.1, -0.05) is 54.6 Å². The summed E-state index contributed by atoms with van der Waals surface area (Å²) in [6.45, 7) is 1.96. The number of benzene rings is 4. The molecule has 1 saturated heterocycles. The lowest BCUT2D eigenvalue weighted by Gasteiger charge is -2.12. The smallest absolute Gasteiger partial charge is 0.329 e. The lowest BCUT2D eigenvalue weighted by Crippen LogP contribution is -2.38. The number of anilines is 1. The highest BCUT2D eigenvalue weighted by Gasteiger charge is 2.35. The van der Waals surface area contributed by atoms with Crippen LogP contribution in [0.15, 0.2) is 90.6 Å². The van der Waals surface area contributed by atoms with Crippen molar-refractivity contribution >= 4 is 63.0 Å². The predicted molar refractivity (Wildman–Crippen MR) is 155 cm³/mol. The van der Waals surface area contributed by atoms with E-state index in [0.29, 0.717) is 12.3 Å². The third-order valence-corrected chi connectivity index (χ3v) is 6.88. The first-order chi connectivity index (χ1) is 18.4. The highest BCUT2D eigenvalue weighted by Crippen LogP contribution is 2.26. The van der Waals surface area contributed by atoms with Gasteiger partial charge in [-0.2, -0.15) is 0 Å². The van der Waals surface area contributed by atoms with E-state index >= 15 is 0 Å². The monoisotopic (exact) mass is 617 g/mol. The Morgan fingerprint density at radius 2 is 1.79 bits per heavy atom. The van der Waals surface area contributed by atoms with Gasteiger partial charge in [0.15, 0.2) is 0 Å². The van der Waals surface area contributed by atoms with E-state index in [4.69, 9.17) is 4.74 Å². The highest BCUT2D eigenvalue weighted by molar-refractivity contribution is 14.1. The van der Waals surface area contributed by atoms with Gasteiger partial charge in [-0.15, -0.1) is 0 Å². The molecular formula is C30H24IN3O4. The van der Waals surface area contributed by atoms with Gasteiger partial charge in [0.1, 0.15) is 24.6 Å². The minimum atomic E-state index is -0.634. The number of carbonyl (C=O) groups is 3. The van der Waals surface area contributed by atoms with Gasteiger partial charge in [0, 0.05) is 5.69 Å². The second-order valence-corrected chi connectivity index (χ2v) is 10.1. The number of aryl methyl sites for hydroxylation is 1. The van der Waals surface area contributed by atoms with Crippen LogP contribution in [0.4, 0.5) is 10.5 Å². The standard InChI is InChI=1S/C30H24IN3O4/c1-19-5-4-8-24(13-19)32-28(35)17-34-29(36)26(33-30(34)37)16-20-10-12-27(25(31)15-20)38-18-21-9-11-22-6-2-3-7-23(22)14-21/h2-16H,17-18H2,1H3,(H,32,35)(H,33,37)/b26-16+. The van der Waals surface area contributed by atoms with Crippen molar-refractivity contribution in [2.24, 2.45) is 0 Å². The van der Waals surface area contributed by atoms with Crippen LogP contribution >= 0.6 is 22.6 Å². The zero-order valence-electron chi connectivity index (χ0n) is 20.5. The number of imide groups is 1. The topological polar surface area (TPSA) is 87.7 Å². The van der Waals surface area contributed by atoms with E-state index in [1.165, 1.54) is 5.39 Å². The Hall–Kier alpha value is -4.18. The molecule has 1 aliphatic heterocycles. The molecule has 0 saturated carbocycles. The maximum Gasteiger partial charge on any atom is 0.329 e. The van der Waals surface area contributed by atoms with E-state index in [0.717, 1.165) is 36.3 Å². The van der Waals surface area contributed by atoms with Gasteiger partial charge in [0.25, 0.3) is 5.91 Å². The Balaban J connectivity index is 1.22. The number of nitrogens with one attached hydrogen (secondary N) is 2. The van der Waals surface area contributed by atoms with Crippen molar-refractivity contribution in [2.75, 3.05) is 11.9 Å². The maximum atomic E-state index is 12.8. The molecule has 4 aromatic carbocycles. The summed E-state index contributed by atoms with van der Waals surface area (Å²) < 4.78 is 6.90. The lowest BCUT2D eigenvalue weighted by atomic mass is 10.1. The van der Waals surface area contributed by atoms with Crippen LogP contribution < -0.4 is 15.4 Å². The van der Waals surface area contributed by atoms with Crippen LogP contribution in [0.1, 0.15) is 16.7 Å². The minimum Gasteiger partial charge on any atom is -0.488 e. The summed E-state index contributed by atoms with van der Waals surface area (Å²) in [5.74, 6) is -0.291. The van der Waals surface area contributed by atoms with Gasteiger partial charge in [0.05, 0.1) is 3.57 Å². The Morgan fingerprint density at radius 1 is 0.974 bits per heavy atom. The molecule has 4 amide bonds. The third kappa shape index (κ3) is 5.86. The van der Waals surface area contributed by atoms with E-state index in [1.807, 2.05) is 55.5 Å². The van der Waals surface area contributed by atoms with Crippen LogP contribution in [-0.4, -0.2) is 29.3 Å². The SMILES string of the molecule is Cc1cccc(NC(=O)CN2C(=O)N/C(=C/c3ccc(OCc4ccc5ccccc5c4)c(I)c3)C2=O)c1. The average molecular weight is 617 g/mol. The Labute approximate surface area is 233 Å². The number of rotatable bonds is 7. The van der Waals surface area contributed by atoms with Gasteiger partial charge in [-0.25, -0.2) is 9.69 Å². The molecule has 0 aromatic heterocycles. The van der Waals surface area contributed by atoms with Crippen LogP contribution in [0.25, 0.3) is 16.8 Å². The summed E-state index contributed by atoms with van der Waals surface area (Å²) in [5, 5.41) is 7.62. The molecule has 2 N–H and O–H groups in total. The van der Waals surface area contributed by atoms with E-state index in [1.54, 1.807) is 12.1 Å². The van der Waals surface area contributed by atoms with Crippen molar-refractivity contribution in [1.29, 1.82) is 0 Å². The number of nitrogens with zero attached hydrogens (tertiary/aromatic N) is 1. The number of hydrogen-bond donors (Lipinski definition) is 2. The number of halogens is 1. The van der Waals surface area contributed by atoms with Crippen molar-refractivity contribution in [1.82, 2.24) is 10.2 Å². The number of amides is 4. The molecule has 4 aromatic rings. The highest BCUT2D eigenvalue weighted by atomic mass is 127. The number of ether oxygens (including phenoxy) is 1. The van der Waals surface area contributed by atoms with Crippen LogP contribution in [0.2, 0.25) is 0 Å². The Kier molecular flexibility index (Phi) is 7.41. The summed E-state index contributed by atoms with van der Waals surface area (Å²) in [6, 6.07) is 26.6. The zero-order valence-corrected chi connectivity index (χ0v) is 22.7. The third-order valence-electron chi connectivity index (χ3n) is 6.04. The first-order valence-corrected chi connectivity index (χ1v) is 13.0. The molecule has 0 spiro atoms. The minimum absolute atomic E-state index is 0.110. The first-order valence-electron chi connectivity index (χ1n) is 12.0. The van der Waals surface area contributed by atoms with Gasteiger partial charge in [-0.05, 0) is 93.4 Å². The zero-order chi connectivity index (χ0) is 26.6.